The summed E-state index contributed by atoms with van der Waals surface area (Å²) >= 11 is 1.43. The summed E-state index contributed by atoms with van der Waals surface area (Å²) in [7, 11) is 0. The molecule has 1 aliphatic heterocycles. The molecule has 0 saturated carbocycles. The van der Waals surface area contributed by atoms with Gasteiger partial charge in [0.15, 0.2) is 5.82 Å². The number of nitrogens with one attached hydrogen (secondary N) is 1. The van der Waals surface area contributed by atoms with E-state index in [1.165, 1.54) is 11.8 Å². The van der Waals surface area contributed by atoms with Gasteiger partial charge in [-0.2, -0.15) is 0 Å². The zero-order valence-corrected chi connectivity index (χ0v) is 19.5. The predicted molar refractivity (Wildman–Crippen MR) is 133 cm³/mol. The van der Waals surface area contributed by atoms with Crippen LogP contribution in [0, 0.1) is 0 Å². The molecule has 1 aliphatic rings. The van der Waals surface area contributed by atoms with E-state index in [-0.39, 0.29) is 17.3 Å². The molecule has 166 valence electrons. The van der Waals surface area contributed by atoms with Crippen LogP contribution in [0.4, 0.5) is 5.69 Å². The first-order valence-corrected chi connectivity index (χ1v) is 12.0. The lowest BCUT2D eigenvalue weighted by atomic mass is 9.96. The Kier molecular flexibility index (Phi) is 5.87. The number of ether oxygens (including phenoxy) is 1. The third kappa shape index (κ3) is 4.77. The summed E-state index contributed by atoms with van der Waals surface area (Å²) in [6.45, 7) is 4.60. The van der Waals surface area contributed by atoms with Gasteiger partial charge < -0.3 is 10.1 Å². The van der Waals surface area contributed by atoms with Crippen molar-refractivity contribution in [1.82, 2.24) is 9.97 Å². The first-order valence-electron chi connectivity index (χ1n) is 11.0. The molecule has 1 aromatic heterocycles. The number of anilines is 1. The number of amides is 1. The SMILES string of the molecule is CC1(C)Cc2nc(-c3ccccc3)nc(SCC(=O)Nc3cccc4ccccc34)c2CO1. The highest BCUT2D eigenvalue weighted by molar-refractivity contribution is 8.00. The summed E-state index contributed by atoms with van der Waals surface area (Å²) in [6.07, 6.45) is 0.709. The van der Waals surface area contributed by atoms with Crippen LogP contribution in [0.5, 0.6) is 0 Å². The Balaban J connectivity index is 1.40. The van der Waals surface area contributed by atoms with Gasteiger partial charge in [-0.1, -0.05) is 78.5 Å². The molecule has 0 radical (unpaired) electrons. The Morgan fingerprint density at radius 2 is 1.76 bits per heavy atom. The Hall–Kier alpha value is -3.22. The Labute approximate surface area is 197 Å². The summed E-state index contributed by atoms with van der Waals surface area (Å²) < 4.78 is 6.03. The number of rotatable bonds is 5. The molecular weight excluding hydrogens is 430 g/mol. The van der Waals surface area contributed by atoms with Crippen LogP contribution in [-0.4, -0.2) is 27.2 Å². The number of thioether (sulfide) groups is 1. The van der Waals surface area contributed by atoms with Crippen LogP contribution in [0.25, 0.3) is 22.2 Å². The van der Waals surface area contributed by atoms with Crippen molar-refractivity contribution in [3.8, 4) is 11.4 Å². The second-order valence-electron chi connectivity index (χ2n) is 8.73. The molecule has 0 saturated heterocycles. The molecule has 4 aromatic rings. The van der Waals surface area contributed by atoms with Gasteiger partial charge in [0.25, 0.3) is 0 Å². The van der Waals surface area contributed by atoms with Crippen molar-refractivity contribution in [3.05, 3.63) is 84.1 Å². The smallest absolute Gasteiger partial charge is 0.234 e. The standard InChI is InChI=1S/C27H25N3O2S/c1-27(2)15-23-21(16-32-27)26(30-25(29-23)19-10-4-3-5-11-19)33-17-24(31)28-22-14-8-12-18-9-6-7-13-20(18)22/h3-14H,15-17H2,1-2H3,(H,28,31). The maximum Gasteiger partial charge on any atom is 0.234 e. The summed E-state index contributed by atoms with van der Waals surface area (Å²) in [5.41, 5.74) is 3.49. The van der Waals surface area contributed by atoms with Crippen LogP contribution in [0.15, 0.2) is 77.8 Å². The van der Waals surface area contributed by atoms with Crippen molar-refractivity contribution < 1.29 is 9.53 Å². The molecule has 33 heavy (non-hydrogen) atoms. The van der Waals surface area contributed by atoms with Crippen molar-refractivity contribution in [3.63, 3.8) is 0 Å². The molecule has 0 atom stereocenters. The van der Waals surface area contributed by atoms with Crippen LogP contribution in [0.1, 0.15) is 25.1 Å². The summed E-state index contributed by atoms with van der Waals surface area (Å²) in [6, 6.07) is 23.9. The topological polar surface area (TPSA) is 64.1 Å². The van der Waals surface area contributed by atoms with Gasteiger partial charge in [-0.3, -0.25) is 4.79 Å². The number of benzene rings is 3. The van der Waals surface area contributed by atoms with Gasteiger partial charge in [-0.05, 0) is 25.3 Å². The number of carbonyl (C=O) groups is 1. The van der Waals surface area contributed by atoms with Gasteiger partial charge in [0, 0.05) is 28.6 Å². The van der Waals surface area contributed by atoms with Crippen molar-refractivity contribution in [2.45, 2.75) is 37.5 Å². The Morgan fingerprint density at radius 1 is 1.00 bits per heavy atom. The number of nitrogens with zero attached hydrogens (tertiary/aromatic N) is 2. The lowest BCUT2D eigenvalue weighted by molar-refractivity contribution is -0.113. The fraction of sp³-hybridized carbons (Fsp3) is 0.222. The molecule has 0 bridgehead atoms. The average molecular weight is 456 g/mol. The molecule has 0 unspecified atom stereocenters. The molecular formula is C27H25N3O2S. The minimum atomic E-state index is -0.275. The number of aromatic nitrogens is 2. The molecule has 1 N–H and O–H groups in total. The molecule has 2 heterocycles. The van der Waals surface area contributed by atoms with E-state index in [9.17, 15) is 4.79 Å². The number of hydrogen-bond acceptors (Lipinski definition) is 5. The maximum atomic E-state index is 12.8. The monoisotopic (exact) mass is 455 g/mol. The highest BCUT2D eigenvalue weighted by atomic mass is 32.2. The van der Waals surface area contributed by atoms with Crippen LogP contribution in [0.3, 0.4) is 0 Å². The first-order chi connectivity index (χ1) is 16.0. The fourth-order valence-corrected chi connectivity index (χ4v) is 4.85. The van der Waals surface area contributed by atoms with Gasteiger partial charge in [0.2, 0.25) is 5.91 Å². The zero-order chi connectivity index (χ0) is 22.8. The highest BCUT2D eigenvalue weighted by Crippen LogP contribution is 2.34. The van der Waals surface area contributed by atoms with E-state index < -0.39 is 0 Å². The van der Waals surface area contributed by atoms with E-state index >= 15 is 0 Å². The second-order valence-corrected chi connectivity index (χ2v) is 9.70. The van der Waals surface area contributed by atoms with Crippen LogP contribution in [0.2, 0.25) is 0 Å². The maximum absolute atomic E-state index is 12.8. The average Bonchev–Trinajstić information content (AvgIpc) is 2.82. The van der Waals surface area contributed by atoms with Crippen LogP contribution >= 0.6 is 11.8 Å². The van der Waals surface area contributed by atoms with Gasteiger partial charge >= 0.3 is 0 Å². The Bertz CT molecular complexity index is 1320. The number of carbonyl (C=O) groups excluding carboxylic acids is 1. The fourth-order valence-electron chi connectivity index (χ4n) is 4.01. The summed E-state index contributed by atoms with van der Waals surface area (Å²) in [5, 5.41) is 5.99. The van der Waals surface area contributed by atoms with E-state index in [1.54, 1.807) is 0 Å². The predicted octanol–water partition coefficient (Wildman–Crippen LogP) is 5.88. The largest absolute Gasteiger partial charge is 0.370 e. The molecule has 0 fully saturated rings. The van der Waals surface area contributed by atoms with Gasteiger partial charge in [0.1, 0.15) is 5.03 Å². The Morgan fingerprint density at radius 3 is 2.61 bits per heavy atom. The number of fused-ring (bicyclic) bond motifs is 2. The third-order valence-electron chi connectivity index (χ3n) is 5.69. The van der Waals surface area contributed by atoms with E-state index in [0.717, 1.165) is 38.3 Å². The molecule has 1 amide bonds. The molecule has 5 nitrogen and oxygen atoms in total. The minimum absolute atomic E-state index is 0.0676. The lowest BCUT2D eigenvalue weighted by Crippen LogP contribution is -2.33. The van der Waals surface area contributed by atoms with E-state index in [0.29, 0.717) is 18.9 Å². The van der Waals surface area contributed by atoms with E-state index in [2.05, 4.69) is 19.2 Å². The normalized spacial score (nSPS) is 14.6. The first kappa shape index (κ1) is 21.6. The van der Waals surface area contributed by atoms with Crippen LogP contribution in [-0.2, 0) is 22.6 Å². The van der Waals surface area contributed by atoms with Crippen molar-refractivity contribution in [2.24, 2.45) is 0 Å². The lowest BCUT2D eigenvalue weighted by Gasteiger charge is -2.32. The summed E-state index contributed by atoms with van der Waals surface area (Å²) in [4.78, 5) is 22.5. The van der Waals surface area contributed by atoms with Gasteiger partial charge in [0.05, 0.1) is 23.7 Å². The van der Waals surface area contributed by atoms with E-state index in [4.69, 9.17) is 14.7 Å². The van der Waals surface area contributed by atoms with Crippen molar-refractivity contribution >= 4 is 34.1 Å². The molecule has 6 heteroatoms. The molecule has 0 spiro atoms. The van der Waals surface area contributed by atoms with Crippen molar-refractivity contribution in [2.75, 3.05) is 11.1 Å². The quantitative estimate of drug-likeness (QED) is 0.301. The number of hydrogen-bond donors (Lipinski definition) is 1. The summed E-state index contributed by atoms with van der Waals surface area (Å²) in [5.74, 6) is 0.871. The zero-order valence-electron chi connectivity index (χ0n) is 18.7. The highest BCUT2D eigenvalue weighted by Gasteiger charge is 2.30. The minimum Gasteiger partial charge on any atom is -0.370 e. The van der Waals surface area contributed by atoms with Crippen LogP contribution < -0.4 is 5.32 Å². The van der Waals surface area contributed by atoms with Gasteiger partial charge in [-0.15, -0.1) is 0 Å². The molecule has 0 aliphatic carbocycles. The molecule has 5 rings (SSSR count). The van der Waals surface area contributed by atoms with E-state index in [1.807, 2.05) is 72.8 Å². The molecule has 3 aromatic carbocycles. The third-order valence-corrected chi connectivity index (χ3v) is 6.71. The second kappa shape index (κ2) is 8.96. The van der Waals surface area contributed by atoms with Gasteiger partial charge in [-0.25, -0.2) is 9.97 Å². The van der Waals surface area contributed by atoms with Crippen molar-refractivity contribution in [1.29, 1.82) is 0 Å².